The number of piperazine rings is 1. The summed E-state index contributed by atoms with van der Waals surface area (Å²) < 4.78 is 86.2. The van der Waals surface area contributed by atoms with E-state index in [1.165, 1.54) is 29.2 Å². The number of carbonyl (C=O) groups excluding carboxylic acids is 2. The standard InChI is InChI=1S/C40H51F4N9O5S/c1-25-18-31(8-9-33(25)47-38-45-22-32(40(42,43)44)36(49-38)53-13-3-12-39(2,56)24-53)59(57,58)50-28-6-4-26(5-7-28)23-51-14-16-52(17-15-51)30-20-27(41)19-29(21-30)46-34-10-11-35(54)48-37(34)55/h8-9,18-22,26,28,34,46,50,56H,3-7,10-17,23-24H2,1-2H3,(H,45,47,49)(H,48,54,55)/t26?,28?,34-,39-/m0/s1. The van der Waals surface area contributed by atoms with Gasteiger partial charge in [-0.25, -0.2) is 22.5 Å². The number of alkyl halides is 3. The number of aliphatic hydroxyl groups is 1. The summed E-state index contributed by atoms with van der Waals surface area (Å²) in [5, 5.41) is 18.9. The van der Waals surface area contributed by atoms with Gasteiger partial charge in [0, 0.05) is 81.5 Å². The van der Waals surface area contributed by atoms with Gasteiger partial charge in [0.2, 0.25) is 27.8 Å². The maximum absolute atomic E-state index is 14.6. The zero-order valence-electron chi connectivity index (χ0n) is 33.1. The predicted molar refractivity (Wildman–Crippen MR) is 214 cm³/mol. The van der Waals surface area contributed by atoms with Gasteiger partial charge < -0.3 is 25.5 Å². The monoisotopic (exact) mass is 845 g/mol. The molecule has 4 aliphatic rings. The third kappa shape index (κ3) is 10.6. The normalized spacial score (nSPS) is 24.8. The highest BCUT2D eigenvalue weighted by atomic mass is 32.2. The van der Waals surface area contributed by atoms with E-state index >= 15 is 0 Å². The van der Waals surface area contributed by atoms with Crippen LogP contribution >= 0.6 is 0 Å². The fourth-order valence-electron chi connectivity index (χ4n) is 8.52. The molecule has 4 fully saturated rings. The van der Waals surface area contributed by atoms with Gasteiger partial charge in [-0.1, -0.05) is 0 Å². The molecular formula is C40H51F4N9O5S. The number of benzene rings is 2. The highest BCUT2D eigenvalue weighted by Crippen LogP contribution is 2.38. The Bertz CT molecular complexity index is 2140. The number of anilines is 5. The lowest BCUT2D eigenvalue weighted by molar-refractivity contribution is -0.138. The Morgan fingerprint density at radius 1 is 0.983 bits per heavy atom. The molecule has 3 aliphatic heterocycles. The van der Waals surface area contributed by atoms with Crippen LogP contribution in [0.5, 0.6) is 0 Å². The van der Waals surface area contributed by atoms with Crippen molar-refractivity contribution in [2.45, 2.75) is 94.0 Å². The Hall–Kier alpha value is -4.59. The first kappa shape index (κ1) is 42.5. The fraction of sp³-hybridized carbons (Fsp3) is 0.550. The Morgan fingerprint density at radius 2 is 1.73 bits per heavy atom. The van der Waals surface area contributed by atoms with Gasteiger partial charge in [0.15, 0.2) is 0 Å². The third-order valence-electron chi connectivity index (χ3n) is 11.7. The first-order valence-electron chi connectivity index (χ1n) is 20.1. The molecule has 1 aliphatic carbocycles. The van der Waals surface area contributed by atoms with Crippen LogP contribution in [-0.2, 0) is 25.8 Å². The summed E-state index contributed by atoms with van der Waals surface area (Å²) in [6, 6.07) is 8.31. The van der Waals surface area contributed by atoms with E-state index in [-0.39, 0.29) is 41.6 Å². The fourth-order valence-corrected chi connectivity index (χ4v) is 9.91. The summed E-state index contributed by atoms with van der Waals surface area (Å²) in [7, 11) is -3.87. The zero-order chi connectivity index (χ0) is 42.1. The minimum absolute atomic E-state index is 0.0123. The molecule has 2 atom stereocenters. The molecule has 3 saturated heterocycles. The molecule has 2 aromatic carbocycles. The number of nitrogens with one attached hydrogen (secondary N) is 4. The maximum Gasteiger partial charge on any atom is 0.421 e. The number of carbonyl (C=O) groups is 2. The van der Waals surface area contributed by atoms with Gasteiger partial charge in [0.1, 0.15) is 23.2 Å². The van der Waals surface area contributed by atoms with Crippen LogP contribution < -0.4 is 30.5 Å². The summed E-state index contributed by atoms with van der Waals surface area (Å²) in [6.07, 6.45) is 0.651. The summed E-state index contributed by atoms with van der Waals surface area (Å²) in [5.41, 5.74) is 0.0115. The van der Waals surface area contributed by atoms with E-state index in [9.17, 15) is 40.7 Å². The van der Waals surface area contributed by atoms with Crippen molar-refractivity contribution in [3.05, 3.63) is 59.5 Å². The van der Waals surface area contributed by atoms with Crippen molar-refractivity contribution >= 4 is 50.7 Å². The molecule has 14 nitrogen and oxygen atoms in total. The average Bonchev–Trinajstić information content (AvgIpc) is 3.16. The molecule has 2 amide bonds. The van der Waals surface area contributed by atoms with Crippen LogP contribution in [0.25, 0.3) is 0 Å². The lowest BCUT2D eigenvalue weighted by Crippen LogP contribution is -2.48. The number of halogens is 4. The summed E-state index contributed by atoms with van der Waals surface area (Å²) in [4.78, 5) is 37.8. The number of hydrogen-bond donors (Lipinski definition) is 5. The average molecular weight is 846 g/mol. The molecule has 320 valence electrons. The topological polar surface area (TPSA) is 172 Å². The zero-order valence-corrected chi connectivity index (χ0v) is 33.9. The second kappa shape index (κ2) is 17.2. The number of hydrogen-bond acceptors (Lipinski definition) is 12. The number of imide groups is 1. The molecule has 3 aromatic rings. The molecular weight excluding hydrogens is 795 g/mol. The summed E-state index contributed by atoms with van der Waals surface area (Å²) in [5.74, 6) is -1.15. The number of amides is 2. The Kier molecular flexibility index (Phi) is 12.4. The molecule has 0 bridgehead atoms. The van der Waals surface area contributed by atoms with Gasteiger partial charge in [0.05, 0.1) is 10.5 Å². The first-order valence-corrected chi connectivity index (χ1v) is 21.6. The van der Waals surface area contributed by atoms with Crippen LogP contribution in [0.1, 0.15) is 69.4 Å². The van der Waals surface area contributed by atoms with Crippen molar-refractivity contribution in [3.8, 4) is 0 Å². The van der Waals surface area contributed by atoms with Crippen LogP contribution in [0, 0.1) is 18.7 Å². The number of piperidine rings is 2. The number of rotatable bonds is 11. The highest BCUT2D eigenvalue weighted by Gasteiger charge is 2.39. The Morgan fingerprint density at radius 3 is 2.41 bits per heavy atom. The van der Waals surface area contributed by atoms with Crippen molar-refractivity contribution < 1.29 is 40.7 Å². The van der Waals surface area contributed by atoms with E-state index in [2.05, 4.69) is 40.4 Å². The lowest BCUT2D eigenvalue weighted by Gasteiger charge is -2.39. The number of nitrogens with zero attached hydrogens (tertiary/aromatic N) is 5. The van der Waals surface area contributed by atoms with E-state index in [4.69, 9.17) is 0 Å². The van der Waals surface area contributed by atoms with Gasteiger partial charge in [-0.2, -0.15) is 18.2 Å². The minimum atomic E-state index is -4.70. The van der Waals surface area contributed by atoms with Crippen molar-refractivity contribution in [2.75, 3.05) is 66.2 Å². The van der Waals surface area contributed by atoms with Crippen LogP contribution in [0.3, 0.4) is 0 Å². The Balaban J connectivity index is 0.890. The number of β-amino-alcohol motifs (C(OH)–C–C–N with tert-alkyl or cyclic N) is 1. The largest absolute Gasteiger partial charge is 0.421 e. The van der Waals surface area contributed by atoms with Gasteiger partial charge in [-0.15, -0.1) is 0 Å². The Labute approximate surface area is 341 Å². The van der Waals surface area contributed by atoms with Crippen LogP contribution in [0.4, 0.5) is 46.4 Å². The van der Waals surface area contributed by atoms with Crippen molar-refractivity contribution in [1.82, 2.24) is 24.9 Å². The molecule has 19 heteroatoms. The van der Waals surface area contributed by atoms with Gasteiger partial charge in [-0.3, -0.25) is 19.8 Å². The molecule has 1 saturated carbocycles. The first-order chi connectivity index (χ1) is 27.9. The number of aryl methyl sites for hydroxylation is 1. The summed E-state index contributed by atoms with van der Waals surface area (Å²) >= 11 is 0. The molecule has 0 unspecified atom stereocenters. The second-order valence-electron chi connectivity index (χ2n) is 16.5. The minimum Gasteiger partial charge on any atom is -0.388 e. The van der Waals surface area contributed by atoms with Crippen molar-refractivity contribution in [1.29, 1.82) is 0 Å². The van der Waals surface area contributed by atoms with Gasteiger partial charge in [-0.05, 0) is 107 Å². The van der Waals surface area contributed by atoms with E-state index < -0.39 is 45.1 Å². The quantitative estimate of drug-likeness (QED) is 0.131. The van der Waals surface area contributed by atoms with Crippen molar-refractivity contribution in [2.24, 2.45) is 5.92 Å². The van der Waals surface area contributed by atoms with Crippen LogP contribution in [0.2, 0.25) is 0 Å². The van der Waals surface area contributed by atoms with Crippen molar-refractivity contribution in [3.63, 3.8) is 0 Å². The molecule has 7 rings (SSSR count). The van der Waals surface area contributed by atoms with E-state index in [1.807, 2.05) is 6.07 Å². The molecule has 0 radical (unpaired) electrons. The van der Waals surface area contributed by atoms with E-state index in [1.54, 1.807) is 19.9 Å². The van der Waals surface area contributed by atoms with Gasteiger partial charge in [0.25, 0.3) is 0 Å². The third-order valence-corrected chi connectivity index (χ3v) is 13.2. The predicted octanol–water partition coefficient (Wildman–Crippen LogP) is 4.91. The smallest absolute Gasteiger partial charge is 0.388 e. The molecule has 4 heterocycles. The number of aromatic nitrogens is 2. The van der Waals surface area contributed by atoms with Gasteiger partial charge >= 0.3 is 6.18 Å². The van der Waals surface area contributed by atoms with Crippen LogP contribution in [0.15, 0.2) is 47.5 Å². The molecule has 0 spiro atoms. The number of sulfonamides is 1. The SMILES string of the molecule is Cc1cc(S(=O)(=O)NC2CCC(CN3CCN(c4cc(F)cc(N[C@H]5CCC(=O)NC5=O)c4)CC3)CC2)ccc1Nc1ncc(C(F)(F)F)c(N2CCC[C@](C)(O)C2)n1. The van der Waals surface area contributed by atoms with E-state index in [0.29, 0.717) is 74.6 Å². The van der Waals surface area contributed by atoms with Crippen LogP contribution in [-0.4, -0.2) is 104 Å². The highest BCUT2D eigenvalue weighted by molar-refractivity contribution is 7.89. The maximum atomic E-state index is 14.6. The summed E-state index contributed by atoms with van der Waals surface area (Å²) in [6.45, 7) is 7.42. The molecule has 59 heavy (non-hydrogen) atoms. The molecule has 1 aromatic heterocycles. The second-order valence-corrected chi connectivity index (χ2v) is 18.2. The van der Waals surface area contributed by atoms with E-state index in [0.717, 1.165) is 44.4 Å². The molecule has 5 N–H and O–H groups in total. The lowest BCUT2D eigenvalue weighted by atomic mass is 9.86.